The SMILES string of the molecule is NC(N)=NOC=C=O. The second-order valence-electron chi connectivity index (χ2n) is 0.857. The smallest absolute Gasteiger partial charge is 0.228 e. The Balaban J connectivity index is 3.44. The first kappa shape index (κ1) is 6.52. The molecule has 0 rings (SSSR count). The van der Waals surface area contributed by atoms with E-state index >= 15 is 0 Å². The molecule has 0 aliphatic heterocycles. The second kappa shape index (κ2) is 3.70. The van der Waals surface area contributed by atoms with Gasteiger partial charge in [0.25, 0.3) is 0 Å². The maximum Gasteiger partial charge on any atom is 0.228 e. The number of nitrogens with zero attached hydrogens (tertiary/aromatic N) is 1. The van der Waals surface area contributed by atoms with E-state index < -0.39 is 0 Å². The molecular formula is C3H5N3O2. The van der Waals surface area contributed by atoms with E-state index in [0.717, 1.165) is 0 Å². The zero-order chi connectivity index (χ0) is 6.41. The molecule has 0 aliphatic carbocycles. The summed E-state index contributed by atoms with van der Waals surface area (Å²) in [7, 11) is 0. The number of guanidine groups is 1. The molecule has 5 nitrogen and oxygen atoms in total. The molecule has 0 aromatic rings. The summed E-state index contributed by atoms with van der Waals surface area (Å²) in [5.41, 5.74) is 9.57. The molecule has 0 heterocycles. The standard InChI is InChI=1S/C3H5N3O2/c4-3(5)6-8-2-1-7/h2H,(H4,4,5,6). The van der Waals surface area contributed by atoms with Gasteiger partial charge < -0.3 is 16.3 Å². The molecule has 0 radical (unpaired) electrons. The lowest BCUT2D eigenvalue weighted by Gasteiger charge is -1.84. The van der Waals surface area contributed by atoms with Gasteiger partial charge >= 0.3 is 0 Å². The molecule has 4 N–H and O–H groups in total. The van der Waals surface area contributed by atoms with Crippen molar-refractivity contribution in [3.8, 4) is 0 Å². The number of nitrogens with two attached hydrogens (primary N) is 2. The fraction of sp³-hybridized carbons (Fsp3) is 0. The summed E-state index contributed by atoms with van der Waals surface area (Å²) in [6, 6.07) is 0. The largest absolute Gasteiger partial charge is 0.367 e. The van der Waals surface area contributed by atoms with Gasteiger partial charge in [0, 0.05) is 0 Å². The molecule has 5 heteroatoms. The van der Waals surface area contributed by atoms with Crippen LogP contribution >= 0.6 is 0 Å². The highest BCUT2D eigenvalue weighted by Crippen LogP contribution is 1.68. The first-order valence-corrected chi connectivity index (χ1v) is 1.71. The molecule has 0 amide bonds. The highest BCUT2D eigenvalue weighted by Gasteiger charge is 1.73. The average Bonchev–Trinajstić information content (AvgIpc) is 1.66. The molecule has 8 heavy (non-hydrogen) atoms. The fourth-order valence-corrected chi connectivity index (χ4v) is 0.109. The predicted molar refractivity (Wildman–Crippen MR) is 27.2 cm³/mol. The van der Waals surface area contributed by atoms with Crippen LogP contribution in [0.4, 0.5) is 0 Å². The Kier molecular flexibility index (Phi) is 3.02. The van der Waals surface area contributed by atoms with Crippen molar-refractivity contribution < 1.29 is 9.63 Å². The van der Waals surface area contributed by atoms with Crippen LogP contribution in [0.3, 0.4) is 0 Å². The van der Waals surface area contributed by atoms with Gasteiger partial charge in [-0.2, -0.15) is 0 Å². The van der Waals surface area contributed by atoms with E-state index in [9.17, 15) is 4.79 Å². The summed E-state index contributed by atoms with van der Waals surface area (Å²) >= 11 is 0. The highest BCUT2D eigenvalue weighted by molar-refractivity contribution is 5.75. The van der Waals surface area contributed by atoms with Crippen molar-refractivity contribution in [2.75, 3.05) is 0 Å². The van der Waals surface area contributed by atoms with Crippen LogP contribution in [-0.2, 0) is 9.63 Å². The van der Waals surface area contributed by atoms with Gasteiger partial charge in [0.05, 0.1) is 0 Å². The Hall–Kier alpha value is -1.48. The average molecular weight is 115 g/mol. The first-order chi connectivity index (χ1) is 3.77. The van der Waals surface area contributed by atoms with Crippen LogP contribution < -0.4 is 11.5 Å². The highest BCUT2D eigenvalue weighted by atomic mass is 16.6. The Labute approximate surface area is 45.6 Å². The van der Waals surface area contributed by atoms with Gasteiger partial charge in [-0.25, -0.2) is 4.79 Å². The van der Waals surface area contributed by atoms with Crippen LogP contribution in [0.5, 0.6) is 0 Å². The van der Waals surface area contributed by atoms with Gasteiger partial charge in [0.1, 0.15) is 0 Å². The minimum absolute atomic E-state index is 0.239. The number of carbonyl (C=O) groups excluding carboxylic acids is 1. The van der Waals surface area contributed by atoms with Crippen molar-refractivity contribution in [3.05, 3.63) is 6.26 Å². The Bertz CT molecular complexity index is 131. The molecular weight excluding hydrogens is 110 g/mol. The number of hydrogen-bond acceptors (Lipinski definition) is 3. The molecule has 0 fully saturated rings. The Morgan fingerprint density at radius 3 is 2.75 bits per heavy atom. The minimum Gasteiger partial charge on any atom is -0.367 e. The number of oxime groups is 1. The van der Waals surface area contributed by atoms with Crippen molar-refractivity contribution in [2.45, 2.75) is 0 Å². The van der Waals surface area contributed by atoms with E-state index in [2.05, 4.69) is 9.99 Å². The van der Waals surface area contributed by atoms with Crippen LogP contribution in [0.1, 0.15) is 0 Å². The summed E-state index contributed by atoms with van der Waals surface area (Å²) < 4.78 is 0. The minimum atomic E-state index is -0.239. The third kappa shape index (κ3) is 4.52. The normalized spacial score (nSPS) is 6.50. The monoisotopic (exact) mass is 115 g/mol. The third-order valence-electron chi connectivity index (χ3n) is 0.259. The van der Waals surface area contributed by atoms with Gasteiger partial charge in [-0.3, -0.25) is 0 Å². The quantitative estimate of drug-likeness (QED) is 0.151. The first-order valence-electron chi connectivity index (χ1n) is 1.71. The molecule has 0 unspecified atom stereocenters. The van der Waals surface area contributed by atoms with Crippen LogP contribution in [-0.4, -0.2) is 11.9 Å². The molecule has 0 bridgehead atoms. The van der Waals surface area contributed by atoms with Gasteiger partial charge in [-0.05, 0) is 5.16 Å². The molecule has 0 atom stereocenters. The molecule has 0 aromatic heterocycles. The van der Waals surface area contributed by atoms with Crippen molar-refractivity contribution in [2.24, 2.45) is 16.6 Å². The summed E-state index contributed by atoms with van der Waals surface area (Å²) in [4.78, 5) is 13.4. The van der Waals surface area contributed by atoms with E-state index in [1.54, 1.807) is 0 Å². The van der Waals surface area contributed by atoms with Crippen molar-refractivity contribution in [1.82, 2.24) is 0 Å². The van der Waals surface area contributed by atoms with E-state index in [0.29, 0.717) is 6.26 Å². The zero-order valence-corrected chi connectivity index (χ0v) is 4.00. The maximum absolute atomic E-state index is 9.33. The van der Waals surface area contributed by atoms with Crippen molar-refractivity contribution in [3.63, 3.8) is 0 Å². The van der Waals surface area contributed by atoms with Crippen LogP contribution in [0.15, 0.2) is 11.4 Å². The van der Waals surface area contributed by atoms with Gasteiger partial charge in [-0.15, -0.1) is 0 Å². The van der Waals surface area contributed by atoms with Crippen LogP contribution in [0.2, 0.25) is 0 Å². The van der Waals surface area contributed by atoms with E-state index in [1.807, 2.05) is 0 Å². The Morgan fingerprint density at radius 1 is 1.75 bits per heavy atom. The predicted octanol–water partition coefficient (Wildman–Crippen LogP) is -1.46. The lowest BCUT2D eigenvalue weighted by Crippen LogP contribution is -2.22. The van der Waals surface area contributed by atoms with Gasteiger partial charge in [0.15, 0.2) is 5.94 Å². The lowest BCUT2D eigenvalue weighted by atomic mass is 11.1. The van der Waals surface area contributed by atoms with Crippen LogP contribution in [0.25, 0.3) is 0 Å². The lowest BCUT2D eigenvalue weighted by molar-refractivity contribution is 0.269. The van der Waals surface area contributed by atoms with E-state index in [1.165, 1.54) is 5.94 Å². The van der Waals surface area contributed by atoms with E-state index in [-0.39, 0.29) is 5.96 Å². The van der Waals surface area contributed by atoms with Gasteiger partial charge in [-0.1, -0.05) is 0 Å². The summed E-state index contributed by atoms with van der Waals surface area (Å²) in [6.07, 6.45) is 0.694. The Morgan fingerprint density at radius 2 is 2.38 bits per heavy atom. The van der Waals surface area contributed by atoms with Crippen molar-refractivity contribution in [1.29, 1.82) is 0 Å². The molecule has 0 saturated carbocycles. The topological polar surface area (TPSA) is 90.7 Å². The summed E-state index contributed by atoms with van der Waals surface area (Å²) in [5.74, 6) is 1.07. The summed E-state index contributed by atoms with van der Waals surface area (Å²) in [6.45, 7) is 0. The second-order valence-corrected chi connectivity index (χ2v) is 0.857. The molecule has 0 aromatic carbocycles. The summed E-state index contributed by atoms with van der Waals surface area (Å²) in [5, 5.41) is 2.97. The van der Waals surface area contributed by atoms with Gasteiger partial charge in [0.2, 0.25) is 12.2 Å². The van der Waals surface area contributed by atoms with E-state index in [4.69, 9.17) is 11.5 Å². The fourth-order valence-electron chi connectivity index (χ4n) is 0.109. The molecule has 0 spiro atoms. The molecule has 0 saturated heterocycles. The van der Waals surface area contributed by atoms with Crippen LogP contribution in [0, 0.1) is 0 Å². The third-order valence-corrected chi connectivity index (χ3v) is 0.259. The zero-order valence-electron chi connectivity index (χ0n) is 4.00. The number of rotatable bonds is 2. The van der Waals surface area contributed by atoms with Crippen molar-refractivity contribution >= 4 is 11.9 Å². The maximum atomic E-state index is 9.33. The molecule has 44 valence electrons. The molecule has 0 aliphatic rings. The number of hydrogen-bond donors (Lipinski definition) is 2.